The third-order valence-electron chi connectivity index (χ3n) is 4.50. The number of nitrogens with zero attached hydrogens (tertiary/aromatic N) is 2. The monoisotopic (exact) mass is 381 g/mol. The molecule has 0 aliphatic rings. The van der Waals surface area contributed by atoms with Crippen LogP contribution in [0.5, 0.6) is 5.75 Å². The van der Waals surface area contributed by atoms with Gasteiger partial charge in [0.25, 0.3) is 0 Å². The van der Waals surface area contributed by atoms with Gasteiger partial charge in [-0.15, -0.1) is 0 Å². The van der Waals surface area contributed by atoms with Crippen LogP contribution < -0.4 is 10.1 Å². The third-order valence-corrected chi connectivity index (χ3v) is 4.50. The summed E-state index contributed by atoms with van der Waals surface area (Å²) in [5, 5.41) is 2.93. The van der Waals surface area contributed by atoms with Gasteiger partial charge in [0.2, 0.25) is 5.91 Å². The van der Waals surface area contributed by atoms with Crippen LogP contribution in [-0.4, -0.2) is 35.8 Å². The molecule has 1 heterocycles. The summed E-state index contributed by atoms with van der Waals surface area (Å²) in [6.45, 7) is 7.22. The van der Waals surface area contributed by atoms with Crippen molar-refractivity contribution in [1.29, 1.82) is 0 Å². The van der Waals surface area contributed by atoms with Crippen molar-refractivity contribution in [3.05, 3.63) is 59.4 Å². The maximum absolute atomic E-state index is 11.9. The summed E-state index contributed by atoms with van der Waals surface area (Å²) >= 11 is 0. The van der Waals surface area contributed by atoms with Gasteiger partial charge in [-0.05, 0) is 56.2 Å². The summed E-state index contributed by atoms with van der Waals surface area (Å²) in [6, 6.07) is 13.9. The van der Waals surface area contributed by atoms with Crippen LogP contribution in [0.2, 0.25) is 0 Å². The number of ether oxygens (including phenoxy) is 2. The molecule has 28 heavy (non-hydrogen) atoms. The van der Waals surface area contributed by atoms with Crippen LogP contribution >= 0.6 is 0 Å². The van der Waals surface area contributed by atoms with E-state index >= 15 is 0 Å². The second kappa shape index (κ2) is 8.89. The molecule has 2 aromatic carbocycles. The number of carbonyl (C=O) groups excluding carboxylic acids is 1. The first-order valence-electron chi connectivity index (χ1n) is 9.42. The summed E-state index contributed by atoms with van der Waals surface area (Å²) in [6.07, 6.45) is 0. The normalized spacial score (nSPS) is 12.1. The third kappa shape index (κ3) is 4.70. The highest BCUT2D eigenvalue weighted by molar-refractivity contribution is 5.78. The maximum atomic E-state index is 11.9. The largest absolute Gasteiger partial charge is 0.492 e. The molecule has 0 aliphatic heterocycles. The Morgan fingerprint density at radius 2 is 1.89 bits per heavy atom. The predicted molar refractivity (Wildman–Crippen MR) is 110 cm³/mol. The average Bonchev–Trinajstić information content (AvgIpc) is 3.00. The Labute approximate surface area is 165 Å². The Morgan fingerprint density at radius 3 is 2.61 bits per heavy atom. The Hall–Kier alpha value is -2.86. The van der Waals surface area contributed by atoms with E-state index in [0.29, 0.717) is 13.2 Å². The molecule has 0 bridgehead atoms. The number of imidazole rings is 1. The van der Waals surface area contributed by atoms with Gasteiger partial charge in [-0.25, -0.2) is 4.98 Å². The van der Waals surface area contributed by atoms with Gasteiger partial charge in [0.15, 0.2) is 0 Å². The van der Waals surface area contributed by atoms with E-state index in [1.807, 2.05) is 43.3 Å². The van der Waals surface area contributed by atoms with Crippen LogP contribution in [0, 0.1) is 13.8 Å². The molecule has 1 atom stereocenters. The number of hydrogen-bond donors (Lipinski definition) is 1. The number of aryl methyl sites for hydroxylation is 2. The van der Waals surface area contributed by atoms with Crippen molar-refractivity contribution >= 4 is 16.9 Å². The van der Waals surface area contributed by atoms with E-state index < -0.39 is 0 Å². The Morgan fingerprint density at radius 1 is 1.18 bits per heavy atom. The van der Waals surface area contributed by atoms with Crippen LogP contribution in [0.25, 0.3) is 11.0 Å². The lowest BCUT2D eigenvalue weighted by Crippen LogP contribution is -2.31. The summed E-state index contributed by atoms with van der Waals surface area (Å²) < 4.78 is 13.0. The summed E-state index contributed by atoms with van der Waals surface area (Å²) in [4.78, 5) is 16.6. The maximum Gasteiger partial charge on any atom is 0.246 e. The van der Waals surface area contributed by atoms with E-state index in [-0.39, 0.29) is 18.6 Å². The molecule has 0 radical (unpaired) electrons. The second-order valence-electron chi connectivity index (χ2n) is 7.00. The highest BCUT2D eigenvalue weighted by atomic mass is 16.5. The van der Waals surface area contributed by atoms with E-state index in [1.54, 1.807) is 0 Å². The molecule has 0 fully saturated rings. The smallest absolute Gasteiger partial charge is 0.246 e. The molecule has 1 unspecified atom stereocenters. The fraction of sp³-hybridized carbons (Fsp3) is 0.364. The highest BCUT2D eigenvalue weighted by Crippen LogP contribution is 2.21. The lowest BCUT2D eigenvalue weighted by atomic mass is 10.1. The highest BCUT2D eigenvalue weighted by Gasteiger charge is 2.18. The molecule has 0 aliphatic carbocycles. The number of benzene rings is 2. The number of nitrogens with one attached hydrogen (secondary N) is 1. The van der Waals surface area contributed by atoms with Crippen molar-refractivity contribution in [2.24, 2.45) is 0 Å². The molecule has 3 aromatic rings. The lowest BCUT2D eigenvalue weighted by Gasteiger charge is -2.17. The predicted octanol–water partition coefficient (Wildman–Crippen LogP) is 3.56. The van der Waals surface area contributed by atoms with Gasteiger partial charge < -0.3 is 19.4 Å². The van der Waals surface area contributed by atoms with Crippen LogP contribution in [0.1, 0.15) is 29.9 Å². The molecule has 1 N–H and O–H groups in total. The van der Waals surface area contributed by atoms with Crippen LogP contribution in [0.3, 0.4) is 0 Å². The molecular formula is C22H27N3O3. The molecule has 6 heteroatoms. The molecular weight excluding hydrogens is 354 g/mol. The molecule has 0 saturated heterocycles. The number of carbonyl (C=O) groups is 1. The van der Waals surface area contributed by atoms with Crippen molar-refractivity contribution in [1.82, 2.24) is 14.9 Å². The minimum absolute atomic E-state index is 0.0282. The van der Waals surface area contributed by atoms with Gasteiger partial charge in [0.1, 0.15) is 24.8 Å². The zero-order valence-electron chi connectivity index (χ0n) is 16.9. The number of para-hydroxylation sites is 2. The van der Waals surface area contributed by atoms with Gasteiger partial charge in [-0.2, -0.15) is 0 Å². The number of rotatable bonds is 8. The number of amides is 1. The fourth-order valence-electron chi connectivity index (χ4n) is 3.41. The van der Waals surface area contributed by atoms with Gasteiger partial charge in [-0.3, -0.25) is 4.79 Å². The second-order valence-corrected chi connectivity index (χ2v) is 7.00. The lowest BCUT2D eigenvalue weighted by molar-refractivity contribution is -0.125. The number of aromatic nitrogens is 2. The quantitative estimate of drug-likeness (QED) is 0.648. The summed E-state index contributed by atoms with van der Waals surface area (Å²) in [5.41, 5.74) is 4.28. The fourth-order valence-corrected chi connectivity index (χ4v) is 3.41. The van der Waals surface area contributed by atoms with Crippen LogP contribution in [0.15, 0.2) is 42.5 Å². The minimum Gasteiger partial charge on any atom is -0.492 e. The van der Waals surface area contributed by atoms with Crippen molar-refractivity contribution < 1.29 is 14.3 Å². The van der Waals surface area contributed by atoms with Gasteiger partial charge >= 0.3 is 0 Å². The molecule has 1 amide bonds. The summed E-state index contributed by atoms with van der Waals surface area (Å²) in [7, 11) is 1.50. The molecule has 6 nitrogen and oxygen atoms in total. The van der Waals surface area contributed by atoms with Gasteiger partial charge in [-0.1, -0.05) is 18.2 Å². The molecule has 148 valence electrons. The number of hydrogen-bond acceptors (Lipinski definition) is 4. The van der Waals surface area contributed by atoms with Crippen molar-refractivity contribution in [2.45, 2.75) is 33.4 Å². The van der Waals surface area contributed by atoms with Crippen LogP contribution in [-0.2, 0) is 16.1 Å². The van der Waals surface area contributed by atoms with Crippen molar-refractivity contribution in [3.8, 4) is 5.75 Å². The Bertz CT molecular complexity index is 945. The van der Waals surface area contributed by atoms with E-state index in [2.05, 4.69) is 29.8 Å². The van der Waals surface area contributed by atoms with E-state index in [9.17, 15) is 4.79 Å². The van der Waals surface area contributed by atoms with Crippen LogP contribution in [0.4, 0.5) is 0 Å². The SMILES string of the molecule is COCC(=O)NC(C)c1nc2ccccc2n1CCOc1cc(C)cc(C)c1. The Balaban J connectivity index is 1.79. The molecule has 1 aromatic heterocycles. The standard InChI is InChI=1S/C22H27N3O3/c1-15-11-16(2)13-18(12-15)28-10-9-25-20-8-6-5-7-19(20)24-22(25)17(3)23-21(26)14-27-4/h5-8,11-13,17H,9-10,14H2,1-4H3,(H,23,26). The van der Waals surface area contributed by atoms with Crippen molar-refractivity contribution in [2.75, 3.05) is 20.3 Å². The van der Waals surface area contributed by atoms with E-state index in [1.165, 1.54) is 18.2 Å². The zero-order chi connectivity index (χ0) is 20.1. The number of methoxy groups -OCH3 is 1. The van der Waals surface area contributed by atoms with E-state index in [0.717, 1.165) is 22.6 Å². The molecule has 0 spiro atoms. The Kier molecular flexibility index (Phi) is 6.31. The summed E-state index contributed by atoms with van der Waals surface area (Å²) in [5.74, 6) is 1.50. The first-order chi connectivity index (χ1) is 13.5. The van der Waals surface area contributed by atoms with E-state index in [4.69, 9.17) is 14.5 Å². The minimum atomic E-state index is -0.240. The van der Waals surface area contributed by atoms with Crippen molar-refractivity contribution in [3.63, 3.8) is 0 Å². The van der Waals surface area contributed by atoms with Gasteiger partial charge in [0.05, 0.1) is 23.6 Å². The zero-order valence-corrected chi connectivity index (χ0v) is 16.9. The molecule has 0 saturated carbocycles. The molecule has 3 rings (SSSR count). The van der Waals surface area contributed by atoms with Gasteiger partial charge in [0, 0.05) is 7.11 Å². The number of fused-ring (bicyclic) bond motifs is 1. The average molecular weight is 381 g/mol. The topological polar surface area (TPSA) is 65.4 Å². The first kappa shape index (κ1) is 19.9. The first-order valence-corrected chi connectivity index (χ1v) is 9.42.